The van der Waals surface area contributed by atoms with Crippen molar-refractivity contribution in [2.24, 2.45) is 0 Å². The Kier molecular flexibility index (Phi) is 4.84. The summed E-state index contributed by atoms with van der Waals surface area (Å²) in [6.07, 6.45) is 1.28. The molecule has 2 N–H and O–H groups in total. The van der Waals surface area contributed by atoms with Gasteiger partial charge in [-0.15, -0.1) is 11.3 Å². The Bertz CT molecular complexity index is 595. The molecule has 0 fully saturated rings. The van der Waals surface area contributed by atoms with E-state index in [1.54, 1.807) is 24.3 Å². The lowest BCUT2D eigenvalue weighted by molar-refractivity contribution is -0.137. The van der Waals surface area contributed by atoms with Crippen LogP contribution in [0.15, 0.2) is 35.7 Å². The third-order valence-corrected chi connectivity index (χ3v) is 3.44. The number of hydrogen-bond donors (Lipinski definition) is 2. The standard InChI is InChI=1S/C14H14N2O3S/c17-12(18)8-4-7-11-9-20-14(15-11)16-13(19)10-5-2-1-3-6-10/h1-3,5-6,9H,4,7-8H2,(H,17,18)(H,15,16,19). The lowest BCUT2D eigenvalue weighted by atomic mass is 10.2. The van der Waals surface area contributed by atoms with Gasteiger partial charge in [0.25, 0.3) is 5.91 Å². The Balaban J connectivity index is 1.89. The molecular weight excluding hydrogens is 276 g/mol. The van der Waals surface area contributed by atoms with Crippen molar-refractivity contribution in [2.45, 2.75) is 19.3 Å². The summed E-state index contributed by atoms with van der Waals surface area (Å²) in [5.41, 5.74) is 1.38. The maximum atomic E-state index is 11.9. The Morgan fingerprint density at radius 1 is 1.25 bits per heavy atom. The van der Waals surface area contributed by atoms with Crippen molar-refractivity contribution in [3.8, 4) is 0 Å². The molecule has 1 amide bonds. The Hall–Kier alpha value is -2.21. The molecule has 6 heteroatoms. The van der Waals surface area contributed by atoms with Crippen LogP contribution in [-0.2, 0) is 11.2 Å². The highest BCUT2D eigenvalue weighted by Gasteiger charge is 2.08. The fourth-order valence-electron chi connectivity index (χ4n) is 1.66. The van der Waals surface area contributed by atoms with Crippen molar-refractivity contribution < 1.29 is 14.7 Å². The summed E-state index contributed by atoms with van der Waals surface area (Å²) < 4.78 is 0. The van der Waals surface area contributed by atoms with E-state index in [0.717, 1.165) is 5.69 Å². The van der Waals surface area contributed by atoms with Crippen molar-refractivity contribution in [1.29, 1.82) is 0 Å². The number of aliphatic carboxylic acids is 1. The van der Waals surface area contributed by atoms with Gasteiger partial charge < -0.3 is 5.11 Å². The van der Waals surface area contributed by atoms with Gasteiger partial charge in [0, 0.05) is 17.4 Å². The zero-order valence-electron chi connectivity index (χ0n) is 10.7. The SMILES string of the molecule is O=C(O)CCCc1csc(NC(=O)c2ccccc2)n1. The average molecular weight is 290 g/mol. The van der Waals surface area contributed by atoms with Gasteiger partial charge in [0.1, 0.15) is 0 Å². The van der Waals surface area contributed by atoms with Gasteiger partial charge in [-0.2, -0.15) is 0 Å². The van der Waals surface area contributed by atoms with E-state index in [2.05, 4.69) is 10.3 Å². The lowest BCUT2D eigenvalue weighted by Crippen LogP contribution is -2.11. The molecule has 1 aromatic carbocycles. The summed E-state index contributed by atoms with van der Waals surface area (Å²) in [6.45, 7) is 0. The maximum absolute atomic E-state index is 11.9. The van der Waals surface area contributed by atoms with Crippen LogP contribution in [0, 0.1) is 0 Å². The highest BCUT2D eigenvalue weighted by Crippen LogP contribution is 2.18. The number of amides is 1. The molecule has 2 aromatic rings. The molecule has 1 heterocycles. The van der Waals surface area contributed by atoms with Crippen LogP contribution in [0.4, 0.5) is 5.13 Å². The van der Waals surface area contributed by atoms with Crippen molar-refractivity contribution in [1.82, 2.24) is 4.98 Å². The van der Waals surface area contributed by atoms with Gasteiger partial charge in [0.15, 0.2) is 5.13 Å². The number of carbonyl (C=O) groups excluding carboxylic acids is 1. The molecule has 1 aromatic heterocycles. The van der Waals surface area contributed by atoms with E-state index in [-0.39, 0.29) is 12.3 Å². The molecule has 0 atom stereocenters. The van der Waals surface area contributed by atoms with Crippen LogP contribution in [0.5, 0.6) is 0 Å². The molecule has 5 nitrogen and oxygen atoms in total. The molecule has 2 rings (SSSR count). The van der Waals surface area contributed by atoms with E-state index in [9.17, 15) is 9.59 Å². The number of aryl methyl sites for hydroxylation is 1. The van der Waals surface area contributed by atoms with Crippen molar-refractivity contribution in [3.05, 3.63) is 47.0 Å². The Morgan fingerprint density at radius 2 is 2.00 bits per heavy atom. The van der Waals surface area contributed by atoms with Crippen LogP contribution in [0.1, 0.15) is 28.9 Å². The summed E-state index contributed by atoms with van der Waals surface area (Å²) >= 11 is 1.34. The van der Waals surface area contributed by atoms with E-state index < -0.39 is 5.97 Å². The summed E-state index contributed by atoms with van der Waals surface area (Å²) in [5, 5.41) is 13.7. The lowest BCUT2D eigenvalue weighted by Gasteiger charge is -2.00. The second-order valence-corrected chi connectivity index (χ2v) is 5.07. The van der Waals surface area contributed by atoms with Crippen LogP contribution < -0.4 is 5.32 Å². The number of carboxylic acids is 1. The van der Waals surface area contributed by atoms with Gasteiger partial charge in [-0.3, -0.25) is 14.9 Å². The molecule has 0 saturated heterocycles. The molecule has 0 bridgehead atoms. The number of carboxylic acid groups (broad SMARTS) is 1. The molecule has 104 valence electrons. The molecule has 0 spiro atoms. The molecular formula is C14H14N2O3S. The molecule has 0 radical (unpaired) electrons. The summed E-state index contributed by atoms with van der Waals surface area (Å²) in [6, 6.07) is 8.91. The highest BCUT2D eigenvalue weighted by atomic mass is 32.1. The number of carbonyl (C=O) groups is 2. The fourth-order valence-corrected chi connectivity index (χ4v) is 2.40. The first-order valence-electron chi connectivity index (χ1n) is 6.18. The summed E-state index contributed by atoms with van der Waals surface area (Å²) in [5.74, 6) is -1.00. The predicted molar refractivity (Wildman–Crippen MR) is 77.1 cm³/mol. The van der Waals surface area contributed by atoms with Crippen LogP contribution in [0.3, 0.4) is 0 Å². The molecule has 20 heavy (non-hydrogen) atoms. The first-order chi connectivity index (χ1) is 9.65. The van der Waals surface area contributed by atoms with Gasteiger partial charge >= 0.3 is 5.97 Å². The minimum Gasteiger partial charge on any atom is -0.481 e. The second-order valence-electron chi connectivity index (χ2n) is 4.21. The van der Waals surface area contributed by atoms with Crippen LogP contribution in [0.25, 0.3) is 0 Å². The van der Waals surface area contributed by atoms with Crippen molar-refractivity contribution in [2.75, 3.05) is 5.32 Å². The van der Waals surface area contributed by atoms with E-state index >= 15 is 0 Å². The van der Waals surface area contributed by atoms with E-state index in [1.165, 1.54) is 11.3 Å². The summed E-state index contributed by atoms with van der Waals surface area (Å²) in [4.78, 5) is 26.6. The number of anilines is 1. The van der Waals surface area contributed by atoms with Crippen molar-refractivity contribution >= 4 is 28.3 Å². The first-order valence-corrected chi connectivity index (χ1v) is 7.06. The van der Waals surface area contributed by atoms with Gasteiger partial charge in [-0.05, 0) is 25.0 Å². The molecule has 0 aliphatic rings. The molecule has 0 unspecified atom stereocenters. The van der Waals surface area contributed by atoms with Gasteiger partial charge in [0.2, 0.25) is 0 Å². The average Bonchev–Trinajstić information content (AvgIpc) is 2.87. The highest BCUT2D eigenvalue weighted by molar-refractivity contribution is 7.13. The van der Waals surface area contributed by atoms with Crippen LogP contribution in [0.2, 0.25) is 0 Å². The molecule has 0 saturated carbocycles. The van der Waals surface area contributed by atoms with Crippen LogP contribution >= 0.6 is 11.3 Å². The maximum Gasteiger partial charge on any atom is 0.303 e. The Labute approximate surface area is 120 Å². The zero-order chi connectivity index (χ0) is 14.4. The number of nitrogens with zero attached hydrogens (tertiary/aromatic N) is 1. The summed E-state index contributed by atoms with van der Waals surface area (Å²) in [7, 11) is 0. The number of nitrogens with one attached hydrogen (secondary N) is 1. The minimum absolute atomic E-state index is 0.128. The van der Waals surface area contributed by atoms with Gasteiger partial charge in [-0.1, -0.05) is 18.2 Å². The predicted octanol–water partition coefficient (Wildman–Crippen LogP) is 2.80. The topological polar surface area (TPSA) is 79.3 Å². The van der Waals surface area contributed by atoms with Gasteiger partial charge in [-0.25, -0.2) is 4.98 Å². The zero-order valence-corrected chi connectivity index (χ0v) is 11.5. The van der Waals surface area contributed by atoms with E-state index in [1.807, 2.05) is 11.4 Å². The first kappa shape index (κ1) is 14.2. The monoisotopic (exact) mass is 290 g/mol. The quantitative estimate of drug-likeness (QED) is 0.857. The number of aromatic nitrogens is 1. The number of benzene rings is 1. The molecule has 0 aliphatic carbocycles. The second kappa shape index (κ2) is 6.81. The molecule has 0 aliphatic heterocycles. The largest absolute Gasteiger partial charge is 0.481 e. The van der Waals surface area contributed by atoms with E-state index in [4.69, 9.17) is 5.11 Å². The third-order valence-electron chi connectivity index (χ3n) is 2.63. The minimum atomic E-state index is -0.808. The normalized spacial score (nSPS) is 10.2. The number of rotatable bonds is 6. The van der Waals surface area contributed by atoms with Crippen molar-refractivity contribution in [3.63, 3.8) is 0 Å². The Morgan fingerprint density at radius 3 is 2.70 bits per heavy atom. The van der Waals surface area contributed by atoms with E-state index in [0.29, 0.717) is 23.5 Å². The number of hydrogen-bond acceptors (Lipinski definition) is 4. The van der Waals surface area contributed by atoms with Gasteiger partial charge in [0.05, 0.1) is 5.69 Å². The third kappa shape index (κ3) is 4.17. The fraction of sp³-hybridized carbons (Fsp3) is 0.214. The smallest absolute Gasteiger partial charge is 0.303 e. The number of thiazole rings is 1. The van der Waals surface area contributed by atoms with Crippen LogP contribution in [-0.4, -0.2) is 22.0 Å².